The Balaban J connectivity index is 1.54. The molecule has 1 aromatic heterocycles. The average molecular weight is 486 g/mol. The van der Waals surface area contributed by atoms with E-state index in [0.29, 0.717) is 21.3 Å². The van der Waals surface area contributed by atoms with E-state index in [4.69, 9.17) is 35.4 Å². The van der Waals surface area contributed by atoms with Crippen molar-refractivity contribution in [3.8, 4) is 10.6 Å². The van der Waals surface area contributed by atoms with Crippen LogP contribution in [-0.4, -0.2) is 16.0 Å². The van der Waals surface area contributed by atoms with Gasteiger partial charge in [-0.15, -0.1) is 11.3 Å². The molecule has 8 heteroatoms. The molecule has 0 radical (unpaired) electrons. The quantitative estimate of drug-likeness (QED) is 0.306. The lowest BCUT2D eigenvalue weighted by Gasteiger charge is -2.13. The van der Waals surface area contributed by atoms with Crippen LogP contribution in [0.4, 0.5) is 5.69 Å². The van der Waals surface area contributed by atoms with Gasteiger partial charge in [-0.2, -0.15) is 0 Å². The van der Waals surface area contributed by atoms with E-state index >= 15 is 0 Å². The molecular weight excluding hydrogens is 469 g/mol. The van der Waals surface area contributed by atoms with Crippen LogP contribution >= 0.6 is 46.8 Å². The summed E-state index contributed by atoms with van der Waals surface area (Å²) in [6, 6.07) is 18.7. The Morgan fingerprint density at radius 3 is 2.52 bits per heavy atom. The number of rotatable bonds is 4. The lowest BCUT2D eigenvalue weighted by molar-refractivity contribution is 0.0977. The normalized spacial score (nSPS) is 10.8. The number of halogens is 2. The van der Waals surface area contributed by atoms with Crippen molar-refractivity contribution < 1.29 is 4.79 Å². The molecule has 0 saturated carbocycles. The number of hydrogen-bond acceptors (Lipinski definition) is 4. The van der Waals surface area contributed by atoms with Crippen molar-refractivity contribution in [2.45, 2.75) is 13.3 Å². The number of carbonyl (C=O) groups excluding carboxylic acids is 1. The minimum atomic E-state index is -0.295. The van der Waals surface area contributed by atoms with Gasteiger partial charge in [0.15, 0.2) is 5.11 Å². The number of para-hydroxylation sites is 1. The second-order valence-electron chi connectivity index (χ2n) is 6.76. The average Bonchev–Trinajstić information content (AvgIpc) is 3.19. The number of anilines is 1. The van der Waals surface area contributed by atoms with Crippen molar-refractivity contribution in [3.63, 3.8) is 0 Å². The number of thiazole rings is 1. The summed E-state index contributed by atoms with van der Waals surface area (Å²) in [6.07, 6.45) is 0.911. The highest BCUT2D eigenvalue weighted by atomic mass is 35.5. The molecule has 0 bridgehead atoms. The number of nitrogens with one attached hydrogen (secondary N) is 2. The summed E-state index contributed by atoms with van der Waals surface area (Å²) < 4.78 is 1.06. The molecule has 4 aromatic rings. The molecule has 0 saturated heterocycles. The zero-order valence-electron chi connectivity index (χ0n) is 16.4. The fourth-order valence-electron chi connectivity index (χ4n) is 3.02. The van der Waals surface area contributed by atoms with Crippen molar-refractivity contribution in [1.82, 2.24) is 10.3 Å². The first-order chi connectivity index (χ1) is 14.9. The first kappa shape index (κ1) is 21.7. The monoisotopic (exact) mass is 485 g/mol. The molecule has 0 fully saturated rings. The smallest absolute Gasteiger partial charge is 0.257 e. The third-order valence-corrected chi connectivity index (χ3v) is 6.58. The van der Waals surface area contributed by atoms with E-state index in [1.807, 2.05) is 36.4 Å². The molecule has 0 aliphatic carbocycles. The van der Waals surface area contributed by atoms with Crippen LogP contribution in [0.15, 0.2) is 60.7 Å². The van der Waals surface area contributed by atoms with Crippen LogP contribution in [0.5, 0.6) is 0 Å². The van der Waals surface area contributed by atoms with Gasteiger partial charge < -0.3 is 5.32 Å². The van der Waals surface area contributed by atoms with E-state index in [9.17, 15) is 4.79 Å². The summed E-state index contributed by atoms with van der Waals surface area (Å²) in [5.41, 5.74) is 3.86. The van der Waals surface area contributed by atoms with Gasteiger partial charge in [0, 0.05) is 11.1 Å². The zero-order valence-corrected chi connectivity index (χ0v) is 19.6. The Hall–Kier alpha value is -2.51. The first-order valence-corrected chi connectivity index (χ1v) is 11.5. The Morgan fingerprint density at radius 2 is 1.81 bits per heavy atom. The number of aromatic nitrogens is 1. The first-order valence-electron chi connectivity index (χ1n) is 9.51. The minimum absolute atomic E-state index is 0.143. The lowest BCUT2D eigenvalue weighted by Crippen LogP contribution is -2.34. The molecule has 4 rings (SSSR count). The Labute approximate surface area is 199 Å². The maximum absolute atomic E-state index is 12.5. The van der Waals surface area contributed by atoms with E-state index < -0.39 is 0 Å². The van der Waals surface area contributed by atoms with Crippen molar-refractivity contribution in [1.29, 1.82) is 0 Å². The van der Waals surface area contributed by atoms with Gasteiger partial charge in [0.25, 0.3) is 5.91 Å². The summed E-state index contributed by atoms with van der Waals surface area (Å²) in [6.45, 7) is 2.06. The van der Waals surface area contributed by atoms with Gasteiger partial charge in [-0.1, -0.05) is 54.4 Å². The highest BCUT2D eigenvalue weighted by molar-refractivity contribution is 7.80. The van der Waals surface area contributed by atoms with Crippen LogP contribution in [0.2, 0.25) is 10.0 Å². The molecule has 2 N–H and O–H groups in total. The fraction of sp³-hybridized carbons (Fsp3) is 0.0870. The lowest BCUT2D eigenvalue weighted by atomic mass is 10.1. The van der Waals surface area contributed by atoms with Crippen LogP contribution in [-0.2, 0) is 6.42 Å². The summed E-state index contributed by atoms with van der Waals surface area (Å²) in [7, 11) is 0. The summed E-state index contributed by atoms with van der Waals surface area (Å²) in [5.74, 6) is -0.295. The number of fused-ring (bicyclic) bond motifs is 1. The fourth-order valence-corrected chi connectivity index (χ4v) is 4.79. The van der Waals surface area contributed by atoms with Gasteiger partial charge in [0.05, 0.1) is 25.9 Å². The van der Waals surface area contributed by atoms with E-state index in [0.717, 1.165) is 32.8 Å². The van der Waals surface area contributed by atoms with Gasteiger partial charge in [-0.05, 0) is 60.6 Å². The van der Waals surface area contributed by atoms with Crippen LogP contribution in [0, 0.1) is 0 Å². The number of aryl methyl sites for hydroxylation is 1. The molecule has 0 aliphatic rings. The third kappa shape index (κ3) is 4.88. The van der Waals surface area contributed by atoms with E-state index in [-0.39, 0.29) is 11.0 Å². The summed E-state index contributed by atoms with van der Waals surface area (Å²) in [4.78, 5) is 17.1. The molecular formula is C23H17Cl2N3OS2. The molecule has 1 amide bonds. The number of benzene rings is 3. The largest absolute Gasteiger partial charge is 0.331 e. The summed E-state index contributed by atoms with van der Waals surface area (Å²) >= 11 is 19.7. The van der Waals surface area contributed by atoms with E-state index in [2.05, 4.69) is 22.5 Å². The highest BCUT2D eigenvalue weighted by Crippen LogP contribution is 2.38. The predicted molar refractivity (Wildman–Crippen MR) is 135 cm³/mol. The number of hydrogen-bond donors (Lipinski definition) is 2. The van der Waals surface area contributed by atoms with E-state index in [1.54, 1.807) is 24.3 Å². The molecule has 3 aromatic carbocycles. The Morgan fingerprint density at radius 1 is 1.06 bits per heavy atom. The number of thiocarbonyl (C=S) groups is 1. The highest BCUT2D eigenvalue weighted by Gasteiger charge is 2.15. The molecule has 0 spiro atoms. The van der Waals surface area contributed by atoms with Gasteiger partial charge in [0.2, 0.25) is 0 Å². The van der Waals surface area contributed by atoms with Crippen LogP contribution in [0.1, 0.15) is 22.8 Å². The van der Waals surface area contributed by atoms with Crippen molar-refractivity contribution in [2.75, 3.05) is 5.32 Å². The number of nitrogens with zero attached hydrogens (tertiary/aromatic N) is 1. The maximum atomic E-state index is 12.5. The minimum Gasteiger partial charge on any atom is -0.331 e. The molecule has 0 aliphatic heterocycles. The molecule has 0 atom stereocenters. The molecule has 1 heterocycles. The van der Waals surface area contributed by atoms with Gasteiger partial charge in [0.1, 0.15) is 5.01 Å². The number of carbonyl (C=O) groups is 1. The topological polar surface area (TPSA) is 54.0 Å². The van der Waals surface area contributed by atoms with Crippen molar-refractivity contribution in [2.24, 2.45) is 0 Å². The molecule has 4 nitrogen and oxygen atoms in total. The molecule has 0 unspecified atom stereocenters. The SMILES string of the molecule is CCc1ccc(C(=O)NC(=S)Nc2cc(-c3nc4ccccc4s3)c(Cl)cc2Cl)cc1. The van der Waals surface area contributed by atoms with Crippen molar-refractivity contribution >= 4 is 73.7 Å². The number of amides is 1. The Bertz CT molecular complexity index is 1250. The van der Waals surface area contributed by atoms with Crippen molar-refractivity contribution in [3.05, 3.63) is 81.8 Å². The second kappa shape index (κ2) is 9.32. The van der Waals surface area contributed by atoms with Gasteiger partial charge in [-0.3, -0.25) is 10.1 Å². The standard InChI is InChI=1S/C23H17Cl2N3OS2/c1-2-13-7-9-14(10-8-13)21(29)28-23(30)27-19-11-15(16(24)12-17(19)25)22-26-18-5-3-4-6-20(18)31-22/h3-12H,2H2,1H3,(H2,27,28,29,30). The second-order valence-corrected chi connectivity index (χ2v) is 9.01. The third-order valence-electron chi connectivity index (χ3n) is 4.68. The van der Waals surface area contributed by atoms with Crippen LogP contribution in [0.25, 0.3) is 20.8 Å². The maximum Gasteiger partial charge on any atom is 0.257 e. The van der Waals surface area contributed by atoms with Crippen LogP contribution in [0.3, 0.4) is 0 Å². The van der Waals surface area contributed by atoms with Gasteiger partial charge >= 0.3 is 0 Å². The Kier molecular flexibility index (Phi) is 6.53. The predicted octanol–water partition coefficient (Wildman–Crippen LogP) is 6.96. The van der Waals surface area contributed by atoms with E-state index in [1.165, 1.54) is 11.3 Å². The van der Waals surface area contributed by atoms with Gasteiger partial charge in [-0.25, -0.2) is 4.98 Å². The summed E-state index contributed by atoms with van der Waals surface area (Å²) in [5, 5.41) is 7.46. The zero-order chi connectivity index (χ0) is 22.0. The molecule has 31 heavy (non-hydrogen) atoms. The van der Waals surface area contributed by atoms with Crippen LogP contribution < -0.4 is 10.6 Å². The molecule has 156 valence electrons.